The molecule has 0 aliphatic heterocycles. The number of carbonyl (C=O) groups is 2. The van der Waals surface area contributed by atoms with E-state index < -0.39 is 28.7 Å². The summed E-state index contributed by atoms with van der Waals surface area (Å²) in [4.78, 5) is 36.8. The van der Waals surface area contributed by atoms with Crippen LogP contribution in [0.3, 0.4) is 0 Å². The number of fused-ring (bicyclic) bond motifs is 1. The van der Waals surface area contributed by atoms with E-state index in [0.29, 0.717) is 43.4 Å². The molecule has 1 heterocycles. The average Bonchev–Trinajstić information content (AvgIpc) is 3.47. The summed E-state index contributed by atoms with van der Waals surface area (Å²) in [6, 6.07) is 21.6. The molecule has 1 unspecified atom stereocenters. The zero-order chi connectivity index (χ0) is 35.8. The van der Waals surface area contributed by atoms with Crippen molar-refractivity contribution in [3.05, 3.63) is 93.3 Å². The number of nitrogens with two attached hydrogens (primary N) is 1. The third kappa shape index (κ3) is 12.0. The van der Waals surface area contributed by atoms with Crippen LogP contribution in [0.2, 0.25) is 39.3 Å². The molecular weight excluding hydrogens is 766 g/mol. The Morgan fingerprint density at radius 2 is 1.51 bits per heavy atom. The number of imidazole rings is 1. The summed E-state index contributed by atoms with van der Waals surface area (Å²) in [5, 5.41) is 3.17. The monoisotopic (exact) mass is 815 g/mol. The van der Waals surface area contributed by atoms with Crippen LogP contribution in [-0.4, -0.2) is 76.2 Å². The number of benzene rings is 3. The second-order valence-corrected chi connectivity index (χ2v) is 24.4. The van der Waals surface area contributed by atoms with Crippen LogP contribution >= 0.6 is 22.6 Å². The largest absolute Gasteiger partial charge is 0.484 e. The van der Waals surface area contributed by atoms with E-state index in [9.17, 15) is 9.59 Å². The van der Waals surface area contributed by atoms with Gasteiger partial charge < -0.3 is 34.5 Å². The molecule has 0 saturated heterocycles. The summed E-state index contributed by atoms with van der Waals surface area (Å²) < 4.78 is 19.0. The minimum atomic E-state index is -1.71. The normalized spacial score (nSPS) is 13.9. The third-order valence-electron chi connectivity index (χ3n) is 7.91. The molecule has 0 fully saturated rings. The number of hydrogen-bond donors (Lipinski definition) is 3. The van der Waals surface area contributed by atoms with Gasteiger partial charge in [0.1, 0.15) is 17.6 Å². The fourth-order valence-corrected chi connectivity index (χ4v) is 7.11. The topological polar surface area (TPSA) is 132 Å². The second-order valence-electron chi connectivity index (χ2n) is 14.1. The highest BCUT2D eigenvalue weighted by Crippen LogP contribution is 2.31. The van der Waals surface area contributed by atoms with E-state index in [1.165, 1.54) is 0 Å². The lowest BCUT2D eigenvalue weighted by atomic mass is 9.92. The van der Waals surface area contributed by atoms with E-state index in [0.717, 1.165) is 20.2 Å². The van der Waals surface area contributed by atoms with Gasteiger partial charge in [-0.3, -0.25) is 9.59 Å². The van der Waals surface area contributed by atoms with Crippen molar-refractivity contribution in [3.8, 4) is 5.75 Å². The predicted molar refractivity (Wildman–Crippen MR) is 209 cm³/mol. The summed E-state index contributed by atoms with van der Waals surface area (Å²) in [7, 11) is -3.42. The molecule has 4 rings (SSSR count). The van der Waals surface area contributed by atoms with Crippen LogP contribution in [0.4, 0.5) is 0 Å². The molecule has 2 amide bonds. The highest BCUT2D eigenvalue weighted by atomic mass is 127. The summed E-state index contributed by atoms with van der Waals surface area (Å²) in [5.74, 6) is 0.610. The maximum Gasteiger partial charge on any atom is 0.260 e. The Morgan fingerprint density at radius 3 is 2.10 bits per heavy atom. The molecule has 0 radical (unpaired) electrons. The number of rotatable bonds is 17. The van der Waals surface area contributed by atoms with Crippen LogP contribution in [0.25, 0.3) is 11.0 Å². The molecule has 0 spiro atoms. The van der Waals surface area contributed by atoms with Gasteiger partial charge in [-0.05, 0) is 103 Å². The van der Waals surface area contributed by atoms with Gasteiger partial charge in [-0.15, -0.1) is 0 Å². The van der Waals surface area contributed by atoms with Crippen molar-refractivity contribution in [1.29, 1.82) is 0 Å². The zero-order valence-electron chi connectivity index (χ0n) is 29.6. The Bertz CT molecular complexity index is 1660. The third-order valence-corrected chi connectivity index (χ3v) is 10.7. The first-order valence-electron chi connectivity index (χ1n) is 16.6. The SMILES string of the molecule is C[C@@H](c1ccccc1)[C@H](NC(=O)C(N)c1ccc(OCC(=O)N(CCO[Si](C)(C)C)CCO[Si](C)(C)C)cc1)c1nc2ccc(I)cc2[nH]1. The van der Waals surface area contributed by atoms with E-state index in [-0.39, 0.29) is 24.3 Å². The van der Waals surface area contributed by atoms with Gasteiger partial charge in [-0.25, -0.2) is 4.98 Å². The maximum atomic E-state index is 13.6. The molecular formula is C36H50IN5O5Si2. The van der Waals surface area contributed by atoms with Gasteiger partial charge in [0, 0.05) is 22.6 Å². The number of carbonyl (C=O) groups excluding carboxylic acids is 2. The molecule has 0 saturated carbocycles. The summed E-state index contributed by atoms with van der Waals surface area (Å²) >= 11 is 2.27. The number of nitrogens with zero attached hydrogens (tertiary/aromatic N) is 2. The molecule has 10 nitrogen and oxygen atoms in total. The lowest BCUT2D eigenvalue weighted by molar-refractivity contribution is -0.134. The molecule has 0 bridgehead atoms. The lowest BCUT2D eigenvalue weighted by Gasteiger charge is -2.27. The van der Waals surface area contributed by atoms with Gasteiger partial charge in [0.15, 0.2) is 23.2 Å². The van der Waals surface area contributed by atoms with Gasteiger partial charge in [0.2, 0.25) is 5.91 Å². The summed E-state index contributed by atoms with van der Waals surface area (Å²) in [5.41, 5.74) is 9.92. The van der Waals surface area contributed by atoms with E-state index in [2.05, 4.69) is 79.1 Å². The molecule has 0 aliphatic rings. The molecule has 3 atom stereocenters. The van der Waals surface area contributed by atoms with E-state index >= 15 is 0 Å². The minimum absolute atomic E-state index is 0.0888. The predicted octanol–water partition coefficient (Wildman–Crippen LogP) is 6.74. The van der Waals surface area contributed by atoms with Crippen molar-refractivity contribution in [1.82, 2.24) is 20.2 Å². The quantitative estimate of drug-likeness (QED) is 0.0796. The fraction of sp³-hybridized carbons (Fsp3) is 0.417. The van der Waals surface area contributed by atoms with E-state index in [4.69, 9.17) is 24.3 Å². The first kappa shape index (κ1) is 38.7. The van der Waals surface area contributed by atoms with E-state index in [1.807, 2.05) is 48.5 Å². The molecule has 264 valence electrons. The van der Waals surface area contributed by atoms with Crippen molar-refractivity contribution < 1.29 is 23.2 Å². The van der Waals surface area contributed by atoms with Crippen molar-refractivity contribution in [2.75, 3.05) is 32.9 Å². The number of halogens is 1. The lowest BCUT2D eigenvalue weighted by Crippen LogP contribution is -2.42. The van der Waals surface area contributed by atoms with Crippen LogP contribution in [-0.2, 0) is 18.4 Å². The highest BCUT2D eigenvalue weighted by Gasteiger charge is 2.29. The van der Waals surface area contributed by atoms with Crippen LogP contribution in [0.1, 0.15) is 41.9 Å². The minimum Gasteiger partial charge on any atom is -0.484 e. The van der Waals surface area contributed by atoms with Gasteiger partial charge in [0.05, 0.1) is 30.3 Å². The van der Waals surface area contributed by atoms with Crippen LogP contribution in [0.5, 0.6) is 5.75 Å². The second kappa shape index (κ2) is 17.2. The molecule has 4 N–H and O–H groups in total. The number of H-pyrrole nitrogens is 1. The Morgan fingerprint density at radius 1 is 0.898 bits per heavy atom. The average molecular weight is 816 g/mol. The molecule has 0 aliphatic carbocycles. The molecule has 13 heteroatoms. The molecule has 3 aromatic carbocycles. The van der Waals surface area contributed by atoms with Gasteiger partial charge in [-0.1, -0.05) is 49.4 Å². The van der Waals surface area contributed by atoms with Gasteiger partial charge in [0.25, 0.3) is 5.91 Å². The van der Waals surface area contributed by atoms with Gasteiger partial charge in [-0.2, -0.15) is 0 Å². The Hall–Kier alpha value is -3.09. The van der Waals surface area contributed by atoms with Gasteiger partial charge >= 0.3 is 0 Å². The Kier molecular flexibility index (Phi) is 13.6. The molecule has 1 aromatic heterocycles. The van der Waals surface area contributed by atoms with E-state index in [1.54, 1.807) is 29.2 Å². The standard InChI is InChI=1S/C36H50IN5O5Si2/c1-25(26-11-9-8-10-12-26)34(35-39-30-18-15-28(37)23-31(30)40-35)41-36(44)33(38)27-13-16-29(17-14-27)45-24-32(43)42(19-21-46-48(2,3)4)20-22-47-49(5,6)7/h8-18,23,25,33-34H,19-22,24,38H2,1-7H3,(H,39,40)(H,41,44)/t25-,33?,34-/m0/s1. The summed E-state index contributed by atoms with van der Waals surface area (Å²) in [6.07, 6.45) is 0. The first-order valence-corrected chi connectivity index (χ1v) is 24.5. The number of hydrogen-bond acceptors (Lipinski definition) is 7. The first-order chi connectivity index (χ1) is 23.1. The highest BCUT2D eigenvalue weighted by molar-refractivity contribution is 14.1. The smallest absolute Gasteiger partial charge is 0.260 e. The van der Waals surface area contributed by atoms with Crippen molar-refractivity contribution >= 4 is 62.1 Å². The van der Waals surface area contributed by atoms with Crippen molar-refractivity contribution in [2.24, 2.45) is 5.73 Å². The number of nitrogens with one attached hydrogen (secondary N) is 2. The molecule has 4 aromatic rings. The maximum absolute atomic E-state index is 13.6. The Balaban J connectivity index is 1.41. The number of aromatic amines is 1. The van der Waals surface area contributed by atoms with Crippen LogP contribution in [0.15, 0.2) is 72.8 Å². The summed E-state index contributed by atoms with van der Waals surface area (Å²) in [6.45, 7) is 16.6. The number of amides is 2. The van der Waals surface area contributed by atoms with Crippen molar-refractivity contribution in [3.63, 3.8) is 0 Å². The van der Waals surface area contributed by atoms with Crippen LogP contribution in [0, 0.1) is 3.57 Å². The van der Waals surface area contributed by atoms with Crippen LogP contribution < -0.4 is 15.8 Å². The Labute approximate surface area is 305 Å². The molecule has 49 heavy (non-hydrogen) atoms. The number of ether oxygens (including phenoxy) is 1. The zero-order valence-corrected chi connectivity index (χ0v) is 33.7. The fourth-order valence-electron chi connectivity index (χ4n) is 5.22. The van der Waals surface area contributed by atoms with Crippen molar-refractivity contribution in [2.45, 2.75) is 64.2 Å². The number of aromatic nitrogens is 2.